The van der Waals surface area contributed by atoms with Crippen LogP contribution in [0.25, 0.3) is 0 Å². The van der Waals surface area contributed by atoms with Gasteiger partial charge in [-0.25, -0.2) is 4.68 Å². The Hall–Kier alpha value is -2.97. The molecule has 1 N–H and O–H groups in total. The molecule has 9 nitrogen and oxygen atoms in total. The molecule has 1 aromatic carbocycles. The Morgan fingerprint density at radius 3 is 3.05 bits per heavy atom. The summed E-state index contributed by atoms with van der Waals surface area (Å²) in [6.07, 6.45) is 1.46. The highest BCUT2D eigenvalue weighted by Gasteiger charge is 2.29. The van der Waals surface area contributed by atoms with Crippen LogP contribution in [0.1, 0.15) is 18.0 Å². The Bertz CT molecular complexity index is 726. The van der Waals surface area contributed by atoms with Crippen LogP contribution in [0, 0.1) is 10.1 Å². The fourth-order valence-electron chi connectivity index (χ4n) is 2.32. The third kappa shape index (κ3) is 2.18. The molecule has 3 rings (SSSR count). The van der Waals surface area contributed by atoms with Crippen LogP contribution >= 0.6 is 0 Å². The predicted molar refractivity (Wildman–Crippen MR) is 71.1 cm³/mol. The van der Waals surface area contributed by atoms with E-state index in [0.29, 0.717) is 11.5 Å². The van der Waals surface area contributed by atoms with Crippen molar-refractivity contribution in [3.63, 3.8) is 0 Å². The topological polar surface area (TPSA) is 112 Å². The maximum atomic E-state index is 11.7. The Morgan fingerprint density at radius 2 is 2.33 bits per heavy atom. The standard InChI is InChI=1S/C12H11N5O4/c1-21-10-3-2-7(4-9(10)17(19)20)8-5-11(18)15-12-13-6-14-16(8)12/h2-4,6,8H,5H2,1H3,(H,13,14,15,18)/t8-/m1/s1. The Labute approximate surface area is 118 Å². The molecule has 21 heavy (non-hydrogen) atoms. The Balaban J connectivity index is 2.08. The first-order valence-corrected chi connectivity index (χ1v) is 6.12. The number of hydrogen-bond acceptors (Lipinski definition) is 6. The molecular weight excluding hydrogens is 278 g/mol. The van der Waals surface area contributed by atoms with Crippen molar-refractivity contribution >= 4 is 17.5 Å². The summed E-state index contributed by atoms with van der Waals surface area (Å²) in [5.74, 6) is 0.288. The van der Waals surface area contributed by atoms with E-state index >= 15 is 0 Å². The number of nitro benzene ring substituents is 1. The van der Waals surface area contributed by atoms with Gasteiger partial charge in [-0.2, -0.15) is 10.1 Å². The van der Waals surface area contributed by atoms with Gasteiger partial charge in [0.1, 0.15) is 6.33 Å². The van der Waals surface area contributed by atoms with E-state index in [9.17, 15) is 14.9 Å². The second-order valence-electron chi connectivity index (χ2n) is 4.48. The zero-order valence-corrected chi connectivity index (χ0v) is 11.0. The molecule has 1 aliphatic heterocycles. The van der Waals surface area contributed by atoms with Crippen molar-refractivity contribution in [2.45, 2.75) is 12.5 Å². The first-order valence-electron chi connectivity index (χ1n) is 6.12. The summed E-state index contributed by atoms with van der Waals surface area (Å²) in [6.45, 7) is 0. The van der Waals surface area contributed by atoms with Gasteiger partial charge in [-0.1, -0.05) is 6.07 Å². The Morgan fingerprint density at radius 1 is 1.52 bits per heavy atom. The van der Waals surface area contributed by atoms with E-state index < -0.39 is 11.0 Å². The minimum Gasteiger partial charge on any atom is -0.490 e. The highest BCUT2D eigenvalue weighted by Crippen LogP contribution is 2.34. The third-order valence-corrected chi connectivity index (χ3v) is 3.28. The van der Waals surface area contributed by atoms with Gasteiger partial charge >= 0.3 is 5.69 Å². The lowest BCUT2D eigenvalue weighted by atomic mass is 10.0. The lowest BCUT2D eigenvalue weighted by Gasteiger charge is -2.23. The van der Waals surface area contributed by atoms with Crippen molar-refractivity contribution in [1.82, 2.24) is 14.8 Å². The maximum Gasteiger partial charge on any atom is 0.311 e. The second-order valence-corrected chi connectivity index (χ2v) is 4.48. The van der Waals surface area contributed by atoms with Gasteiger partial charge in [0, 0.05) is 6.07 Å². The number of nitro groups is 1. The van der Waals surface area contributed by atoms with Crippen LogP contribution < -0.4 is 10.1 Å². The summed E-state index contributed by atoms with van der Waals surface area (Å²) in [7, 11) is 1.37. The molecule has 0 unspecified atom stereocenters. The van der Waals surface area contributed by atoms with Crippen LogP contribution in [0.3, 0.4) is 0 Å². The molecule has 0 fully saturated rings. The number of benzene rings is 1. The van der Waals surface area contributed by atoms with Crippen LogP contribution in [0.2, 0.25) is 0 Å². The molecule has 1 aliphatic rings. The lowest BCUT2D eigenvalue weighted by Crippen LogP contribution is -2.29. The van der Waals surface area contributed by atoms with E-state index in [0.717, 1.165) is 0 Å². The number of amides is 1. The molecule has 9 heteroatoms. The fourth-order valence-corrected chi connectivity index (χ4v) is 2.32. The minimum atomic E-state index is -0.520. The van der Waals surface area contributed by atoms with E-state index in [1.54, 1.807) is 6.07 Å². The molecule has 0 spiro atoms. The molecule has 1 amide bonds. The summed E-state index contributed by atoms with van der Waals surface area (Å²) < 4.78 is 6.50. The number of hydrogen-bond donors (Lipinski definition) is 1. The number of ether oxygens (including phenoxy) is 1. The second kappa shape index (κ2) is 4.85. The first kappa shape index (κ1) is 13.0. The largest absolute Gasteiger partial charge is 0.490 e. The van der Waals surface area contributed by atoms with Crippen molar-refractivity contribution in [1.29, 1.82) is 0 Å². The van der Waals surface area contributed by atoms with Gasteiger partial charge in [-0.3, -0.25) is 20.2 Å². The molecular formula is C12H11N5O4. The monoisotopic (exact) mass is 289 g/mol. The van der Waals surface area contributed by atoms with Gasteiger partial charge in [0.05, 0.1) is 24.5 Å². The molecule has 1 aromatic heterocycles. The maximum absolute atomic E-state index is 11.7. The number of carbonyl (C=O) groups excluding carboxylic acids is 1. The van der Waals surface area contributed by atoms with E-state index in [-0.39, 0.29) is 23.8 Å². The molecule has 0 bridgehead atoms. The summed E-state index contributed by atoms with van der Waals surface area (Å²) in [4.78, 5) is 26.2. The molecule has 2 heterocycles. The van der Waals surface area contributed by atoms with Gasteiger partial charge in [0.25, 0.3) is 0 Å². The molecule has 0 saturated carbocycles. The quantitative estimate of drug-likeness (QED) is 0.669. The number of carbonyl (C=O) groups is 1. The zero-order chi connectivity index (χ0) is 15.0. The van der Waals surface area contributed by atoms with E-state index in [2.05, 4.69) is 15.4 Å². The summed E-state index contributed by atoms with van der Waals surface area (Å²) in [5.41, 5.74) is 0.451. The van der Waals surface area contributed by atoms with Gasteiger partial charge < -0.3 is 4.74 Å². The highest BCUT2D eigenvalue weighted by atomic mass is 16.6. The van der Waals surface area contributed by atoms with Crippen LogP contribution in [0.15, 0.2) is 24.5 Å². The van der Waals surface area contributed by atoms with Crippen LogP contribution in [-0.4, -0.2) is 32.7 Å². The lowest BCUT2D eigenvalue weighted by molar-refractivity contribution is -0.385. The highest BCUT2D eigenvalue weighted by molar-refractivity contribution is 5.91. The van der Waals surface area contributed by atoms with Crippen molar-refractivity contribution in [3.05, 3.63) is 40.2 Å². The van der Waals surface area contributed by atoms with E-state index in [1.165, 1.54) is 30.3 Å². The molecule has 2 aromatic rings. The minimum absolute atomic E-state index is 0.139. The predicted octanol–water partition coefficient (Wildman–Crippen LogP) is 1.13. The third-order valence-electron chi connectivity index (χ3n) is 3.28. The first-order chi connectivity index (χ1) is 10.1. The van der Waals surface area contributed by atoms with Crippen molar-refractivity contribution in [2.24, 2.45) is 0 Å². The normalized spacial score (nSPS) is 17.0. The average molecular weight is 289 g/mol. The molecule has 1 atom stereocenters. The van der Waals surface area contributed by atoms with Crippen molar-refractivity contribution < 1.29 is 14.5 Å². The SMILES string of the molecule is COc1ccc([C@H]2CC(=O)Nc3ncnn32)cc1[N+](=O)[O-]. The average Bonchev–Trinajstić information content (AvgIpc) is 2.93. The summed E-state index contributed by atoms with van der Waals surface area (Å²) in [6, 6.07) is 4.16. The summed E-state index contributed by atoms with van der Waals surface area (Å²) >= 11 is 0. The number of rotatable bonds is 3. The van der Waals surface area contributed by atoms with Crippen molar-refractivity contribution in [2.75, 3.05) is 12.4 Å². The molecule has 108 valence electrons. The molecule has 0 aliphatic carbocycles. The van der Waals surface area contributed by atoms with E-state index in [4.69, 9.17) is 4.74 Å². The zero-order valence-electron chi connectivity index (χ0n) is 11.0. The number of nitrogens with zero attached hydrogens (tertiary/aromatic N) is 4. The summed E-state index contributed by atoms with van der Waals surface area (Å²) in [5, 5.41) is 17.7. The van der Waals surface area contributed by atoms with Gasteiger partial charge in [-0.05, 0) is 11.6 Å². The fraction of sp³-hybridized carbons (Fsp3) is 0.250. The van der Waals surface area contributed by atoms with Crippen molar-refractivity contribution in [3.8, 4) is 5.75 Å². The van der Waals surface area contributed by atoms with Crippen LogP contribution in [-0.2, 0) is 4.79 Å². The molecule has 0 saturated heterocycles. The van der Waals surface area contributed by atoms with E-state index in [1.807, 2.05) is 0 Å². The van der Waals surface area contributed by atoms with Gasteiger partial charge in [-0.15, -0.1) is 0 Å². The number of anilines is 1. The number of nitrogens with one attached hydrogen (secondary N) is 1. The van der Waals surface area contributed by atoms with Gasteiger partial charge in [0.15, 0.2) is 5.75 Å². The van der Waals surface area contributed by atoms with Crippen LogP contribution in [0.4, 0.5) is 11.6 Å². The number of fused-ring (bicyclic) bond motifs is 1. The van der Waals surface area contributed by atoms with Crippen LogP contribution in [0.5, 0.6) is 5.75 Å². The smallest absolute Gasteiger partial charge is 0.311 e. The Kier molecular flexibility index (Phi) is 3.01. The molecule has 0 radical (unpaired) electrons. The number of aromatic nitrogens is 3. The number of methoxy groups -OCH3 is 1. The van der Waals surface area contributed by atoms with Gasteiger partial charge in [0.2, 0.25) is 11.9 Å².